The topological polar surface area (TPSA) is 60.6 Å². The Kier molecular flexibility index (Phi) is 5.95. The third-order valence-electron chi connectivity index (χ3n) is 4.15. The van der Waals surface area contributed by atoms with Crippen molar-refractivity contribution in [2.75, 3.05) is 35.9 Å². The van der Waals surface area contributed by atoms with E-state index in [1.165, 1.54) is 11.9 Å². The second-order valence-electron chi connectivity index (χ2n) is 5.70. The number of aliphatic imine (C=N–C) groups is 1. The zero-order valence-corrected chi connectivity index (χ0v) is 15.3. The number of hydrogen-bond acceptors (Lipinski definition) is 6. The van der Waals surface area contributed by atoms with Gasteiger partial charge in [-0.05, 0) is 49.0 Å². The van der Waals surface area contributed by atoms with Crippen molar-refractivity contribution in [3.63, 3.8) is 0 Å². The van der Waals surface area contributed by atoms with E-state index in [4.69, 9.17) is 10.00 Å². The zero-order valence-electron chi connectivity index (χ0n) is 14.4. The Hall–Kier alpha value is -2.75. The van der Waals surface area contributed by atoms with Crippen LogP contribution in [0, 0.1) is 11.3 Å². The van der Waals surface area contributed by atoms with E-state index in [2.05, 4.69) is 40.0 Å². The number of nitriles is 1. The van der Waals surface area contributed by atoms with Crippen LogP contribution < -0.4 is 9.62 Å². The average molecular weight is 364 g/mol. The highest BCUT2D eigenvalue weighted by atomic mass is 32.2. The minimum atomic E-state index is 0.633. The number of hydrogen-bond donors (Lipinski definition) is 1. The molecular formula is C20H20N4OS. The molecule has 1 N–H and O–H groups in total. The summed E-state index contributed by atoms with van der Waals surface area (Å²) in [6, 6.07) is 13.7. The monoisotopic (exact) mass is 364 g/mol. The largest absolute Gasteiger partial charge is 0.378 e. The Morgan fingerprint density at radius 2 is 2.08 bits per heavy atom. The SMILES string of the molecule is C=Cc1c(N2CCOCC2)ccc(NSc2cccc(C#N)c2)c1N=C. The van der Waals surface area contributed by atoms with Crippen LogP contribution in [0.15, 0.2) is 52.9 Å². The first-order valence-electron chi connectivity index (χ1n) is 8.28. The number of anilines is 2. The molecule has 0 aromatic heterocycles. The van der Waals surface area contributed by atoms with E-state index in [1.54, 1.807) is 6.07 Å². The fourth-order valence-corrected chi connectivity index (χ4v) is 3.60. The maximum atomic E-state index is 9.02. The molecule has 2 aromatic rings. The lowest BCUT2D eigenvalue weighted by molar-refractivity contribution is 0.122. The molecule has 1 fully saturated rings. The summed E-state index contributed by atoms with van der Waals surface area (Å²) in [5.41, 5.74) is 4.31. The normalized spacial score (nSPS) is 13.7. The summed E-state index contributed by atoms with van der Waals surface area (Å²) in [6.45, 7) is 10.8. The van der Waals surface area contributed by atoms with Gasteiger partial charge in [0, 0.05) is 29.2 Å². The van der Waals surface area contributed by atoms with Crippen LogP contribution in [-0.4, -0.2) is 33.0 Å². The van der Waals surface area contributed by atoms with Crippen LogP contribution in [0.2, 0.25) is 0 Å². The van der Waals surface area contributed by atoms with Crippen LogP contribution in [0.5, 0.6) is 0 Å². The molecule has 0 aliphatic carbocycles. The molecule has 1 aliphatic heterocycles. The van der Waals surface area contributed by atoms with Gasteiger partial charge >= 0.3 is 0 Å². The Balaban J connectivity index is 1.86. The molecular weight excluding hydrogens is 344 g/mol. The molecule has 0 spiro atoms. The number of nitrogens with zero attached hydrogens (tertiary/aromatic N) is 3. The van der Waals surface area contributed by atoms with Gasteiger partial charge in [-0.1, -0.05) is 18.7 Å². The van der Waals surface area contributed by atoms with Crippen LogP contribution in [0.25, 0.3) is 6.08 Å². The standard InChI is InChI=1S/C20H20N4OS/c1-3-17-19(24-9-11-25-12-10-24)8-7-18(20(17)22-2)23-26-16-6-4-5-15(13-16)14-21/h3-8,13,23H,1-2,9-12H2. The van der Waals surface area contributed by atoms with Crippen molar-refractivity contribution < 1.29 is 4.74 Å². The molecule has 26 heavy (non-hydrogen) atoms. The van der Waals surface area contributed by atoms with Crippen molar-refractivity contribution in [3.05, 3.63) is 54.1 Å². The van der Waals surface area contributed by atoms with Gasteiger partial charge in [-0.15, -0.1) is 0 Å². The number of rotatable bonds is 6. The van der Waals surface area contributed by atoms with Gasteiger partial charge in [-0.25, -0.2) is 0 Å². The third kappa shape index (κ3) is 3.90. The molecule has 3 rings (SSSR count). The molecule has 2 aromatic carbocycles. The third-order valence-corrected chi connectivity index (χ3v) is 4.96. The molecule has 0 bridgehead atoms. The van der Waals surface area contributed by atoms with E-state index in [0.717, 1.165) is 53.8 Å². The molecule has 0 atom stereocenters. The molecule has 0 unspecified atom stereocenters. The minimum Gasteiger partial charge on any atom is -0.378 e. The van der Waals surface area contributed by atoms with Crippen molar-refractivity contribution in [2.45, 2.75) is 4.90 Å². The Labute approximate surface area is 158 Å². The predicted molar refractivity (Wildman–Crippen MR) is 109 cm³/mol. The second kappa shape index (κ2) is 8.56. The van der Waals surface area contributed by atoms with E-state index >= 15 is 0 Å². The van der Waals surface area contributed by atoms with Gasteiger partial charge < -0.3 is 14.4 Å². The lowest BCUT2D eigenvalue weighted by Crippen LogP contribution is -2.36. The zero-order chi connectivity index (χ0) is 18.4. The molecule has 132 valence electrons. The number of benzene rings is 2. The second-order valence-corrected chi connectivity index (χ2v) is 6.58. The summed E-state index contributed by atoms with van der Waals surface area (Å²) in [4.78, 5) is 7.47. The number of nitrogens with one attached hydrogen (secondary N) is 1. The predicted octanol–water partition coefficient (Wildman–Crippen LogP) is 4.49. The summed E-state index contributed by atoms with van der Waals surface area (Å²) in [5.74, 6) is 0. The molecule has 0 saturated carbocycles. The first-order chi connectivity index (χ1) is 12.8. The molecule has 1 heterocycles. The highest BCUT2D eigenvalue weighted by Crippen LogP contribution is 2.39. The summed E-state index contributed by atoms with van der Waals surface area (Å²) in [7, 11) is 0. The number of morpholine rings is 1. The van der Waals surface area contributed by atoms with Gasteiger partial charge in [-0.2, -0.15) is 5.26 Å². The van der Waals surface area contributed by atoms with Crippen molar-refractivity contribution in [1.29, 1.82) is 5.26 Å². The summed E-state index contributed by atoms with van der Waals surface area (Å²) < 4.78 is 8.76. The van der Waals surface area contributed by atoms with E-state index in [-0.39, 0.29) is 0 Å². The van der Waals surface area contributed by atoms with Crippen molar-refractivity contribution in [2.24, 2.45) is 4.99 Å². The summed E-state index contributed by atoms with van der Waals surface area (Å²) >= 11 is 1.44. The Bertz CT molecular complexity index is 853. The maximum absolute atomic E-state index is 9.02. The summed E-state index contributed by atoms with van der Waals surface area (Å²) in [5, 5.41) is 9.02. The minimum absolute atomic E-state index is 0.633. The molecule has 0 radical (unpaired) electrons. The quantitative estimate of drug-likeness (QED) is 0.604. The van der Waals surface area contributed by atoms with Crippen molar-refractivity contribution in [3.8, 4) is 6.07 Å². The highest BCUT2D eigenvalue weighted by Gasteiger charge is 2.17. The van der Waals surface area contributed by atoms with Crippen molar-refractivity contribution >= 4 is 41.8 Å². The first-order valence-corrected chi connectivity index (χ1v) is 9.10. The van der Waals surface area contributed by atoms with Gasteiger partial charge in [0.2, 0.25) is 0 Å². The van der Waals surface area contributed by atoms with E-state index in [1.807, 2.05) is 30.3 Å². The van der Waals surface area contributed by atoms with Crippen LogP contribution >= 0.6 is 11.9 Å². The van der Waals surface area contributed by atoms with E-state index < -0.39 is 0 Å². The van der Waals surface area contributed by atoms with E-state index in [0.29, 0.717) is 5.56 Å². The first kappa shape index (κ1) is 18.1. The molecule has 6 heteroatoms. The molecule has 1 saturated heterocycles. The molecule has 1 aliphatic rings. The smallest absolute Gasteiger partial charge is 0.0992 e. The Morgan fingerprint density at radius 3 is 2.77 bits per heavy atom. The van der Waals surface area contributed by atoms with E-state index in [9.17, 15) is 0 Å². The Morgan fingerprint density at radius 1 is 1.27 bits per heavy atom. The fraction of sp³-hybridized carbons (Fsp3) is 0.200. The summed E-state index contributed by atoms with van der Waals surface area (Å²) in [6.07, 6.45) is 1.82. The lowest BCUT2D eigenvalue weighted by atomic mass is 10.1. The fourth-order valence-electron chi connectivity index (χ4n) is 2.87. The number of ether oxygens (including phenoxy) is 1. The van der Waals surface area contributed by atoms with Gasteiger partial charge in [-0.3, -0.25) is 4.99 Å². The van der Waals surface area contributed by atoms with Gasteiger partial charge in [0.1, 0.15) is 0 Å². The molecule has 0 amide bonds. The van der Waals surface area contributed by atoms with Crippen LogP contribution in [0.1, 0.15) is 11.1 Å². The van der Waals surface area contributed by atoms with Gasteiger partial charge in [0.05, 0.1) is 36.2 Å². The lowest BCUT2D eigenvalue weighted by Gasteiger charge is -2.31. The van der Waals surface area contributed by atoms with Gasteiger partial charge in [0.15, 0.2) is 0 Å². The average Bonchev–Trinajstić information content (AvgIpc) is 2.72. The maximum Gasteiger partial charge on any atom is 0.0992 e. The van der Waals surface area contributed by atoms with Crippen LogP contribution in [0.4, 0.5) is 17.1 Å². The van der Waals surface area contributed by atoms with Crippen LogP contribution in [-0.2, 0) is 4.74 Å². The van der Waals surface area contributed by atoms with Gasteiger partial charge in [0.25, 0.3) is 0 Å². The van der Waals surface area contributed by atoms with Crippen LogP contribution in [0.3, 0.4) is 0 Å². The highest BCUT2D eigenvalue weighted by molar-refractivity contribution is 8.00. The molecule has 5 nitrogen and oxygen atoms in total. The van der Waals surface area contributed by atoms with Crippen molar-refractivity contribution in [1.82, 2.24) is 0 Å².